The molecule has 2 aromatic carbocycles. The number of allylic oxidation sites excluding steroid dienone is 1. The van der Waals surface area contributed by atoms with E-state index in [1.807, 2.05) is 0 Å². The van der Waals surface area contributed by atoms with Gasteiger partial charge in [0.25, 0.3) is 0 Å². The van der Waals surface area contributed by atoms with Crippen LogP contribution in [0.25, 0.3) is 10.8 Å². The van der Waals surface area contributed by atoms with Gasteiger partial charge in [-0.05, 0) is 104 Å². The Labute approximate surface area is 183 Å². The molecule has 0 heterocycles. The van der Waals surface area contributed by atoms with E-state index >= 15 is 0 Å². The van der Waals surface area contributed by atoms with Crippen LogP contribution in [0.1, 0.15) is 76.2 Å². The van der Waals surface area contributed by atoms with Crippen LogP contribution in [-0.2, 0) is 6.42 Å². The second kappa shape index (κ2) is 10.5. The highest BCUT2D eigenvalue weighted by Gasteiger charge is 2.30. The van der Waals surface area contributed by atoms with Crippen molar-refractivity contribution in [1.82, 2.24) is 0 Å². The van der Waals surface area contributed by atoms with E-state index in [-0.39, 0.29) is 0 Å². The zero-order valence-corrected chi connectivity index (χ0v) is 19.0. The molecular formula is C29H40O. The Morgan fingerprint density at radius 2 is 1.40 bits per heavy atom. The SMILES string of the molecule is C=CCCC1CCC(C2CCC(CCc3ccc4cc(OC)ccc4c3)CC2)CC1. The minimum absolute atomic E-state index is 0.941. The van der Waals surface area contributed by atoms with E-state index in [2.05, 4.69) is 49.1 Å². The van der Waals surface area contributed by atoms with Gasteiger partial charge in [0.1, 0.15) is 5.75 Å². The lowest BCUT2D eigenvalue weighted by molar-refractivity contribution is 0.141. The highest BCUT2D eigenvalue weighted by molar-refractivity contribution is 5.84. The van der Waals surface area contributed by atoms with Gasteiger partial charge in [0.05, 0.1) is 7.11 Å². The fourth-order valence-electron chi connectivity index (χ4n) is 6.18. The molecule has 30 heavy (non-hydrogen) atoms. The van der Waals surface area contributed by atoms with Crippen molar-refractivity contribution in [1.29, 1.82) is 0 Å². The lowest BCUT2D eigenvalue weighted by Crippen LogP contribution is -2.26. The molecule has 0 aliphatic heterocycles. The van der Waals surface area contributed by atoms with Gasteiger partial charge >= 0.3 is 0 Å². The van der Waals surface area contributed by atoms with Gasteiger partial charge in [0.2, 0.25) is 0 Å². The molecule has 0 radical (unpaired) electrons. The Balaban J connectivity index is 1.21. The summed E-state index contributed by atoms with van der Waals surface area (Å²) in [4.78, 5) is 0. The number of ether oxygens (including phenoxy) is 1. The summed E-state index contributed by atoms with van der Waals surface area (Å²) in [7, 11) is 1.74. The number of aryl methyl sites for hydroxylation is 1. The fourth-order valence-corrected chi connectivity index (χ4v) is 6.18. The molecule has 0 saturated heterocycles. The molecule has 0 unspecified atom stereocenters. The van der Waals surface area contributed by atoms with Gasteiger partial charge in [-0.1, -0.05) is 56.0 Å². The van der Waals surface area contributed by atoms with Gasteiger partial charge in [-0.2, -0.15) is 0 Å². The van der Waals surface area contributed by atoms with Gasteiger partial charge in [0.15, 0.2) is 0 Å². The number of hydrogen-bond acceptors (Lipinski definition) is 1. The number of hydrogen-bond donors (Lipinski definition) is 0. The smallest absolute Gasteiger partial charge is 0.119 e. The summed E-state index contributed by atoms with van der Waals surface area (Å²) in [5, 5.41) is 2.61. The third-order valence-corrected chi connectivity index (χ3v) is 8.18. The van der Waals surface area contributed by atoms with Crippen LogP contribution < -0.4 is 4.74 Å². The molecule has 4 rings (SSSR count). The van der Waals surface area contributed by atoms with Gasteiger partial charge < -0.3 is 4.74 Å². The molecule has 0 aromatic heterocycles. The van der Waals surface area contributed by atoms with E-state index in [0.29, 0.717) is 0 Å². The van der Waals surface area contributed by atoms with Gasteiger partial charge in [-0.25, -0.2) is 0 Å². The average Bonchev–Trinajstić information content (AvgIpc) is 2.81. The highest BCUT2D eigenvalue weighted by atomic mass is 16.5. The van der Waals surface area contributed by atoms with Crippen LogP contribution in [0.15, 0.2) is 49.1 Å². The molecule has 0 bridgehead atoms. The normalized spacial score (nSPS) is 27.1. The van der Waals surface area contributed by atoms with Crippen molar-refractivity contribution in [3.8, 4) is 5.75 Å². The van der Waals surface area contributed by atoms with E-state index in [1.165, 1.54) is 93.4 Å². The molecule has 1 nitrogen and oxygen atoms in total. The molecule has 0 spiro atoms. The van der Waals surface area contributed by atoms with Crippen molar-refractivity contribution in [2.45, 2.75) is 77.0 Å². The van der Waals surface area contributed by atoms with Crippen molar-refractivity contribution in [2.24, 2.45) is 23.7 Å². The molecule has 0 N–H and O–H groups in total. The zero-order valence-electron chi connectivity index (χ0n) is 19.0. The van der Waals surface area contributed by atoms with Crippen LogP contribution in [0.2, 0.25) is 0 Å². The third kappa shape index (κ3) is 5.48. The Bertz CT molecular complexity index is 806. The molecule has 2 aromatic rings. The van der Waals surface area contributed by atoms with Crippen molar-refractivity contribution in [2.75, 3.05) is 7.11 Å². The standard InChI is InChI=1S/C29H40O/c1-3-4-5-22-8-13-25(14-9-22)26-15-10-23(11-16-26)6-7-24-12-17-28-21-29(30-2)19-18-27(28)20-24/h3,12,17-23,25-26H,1,4-11,13-16H2,2H3. The Hall–Kier alpha value is -1.76. The molecule has 2 aliphatic rings. The van der Waals surface area contributed by atoms with Crippen LogP contribution >= 0.6 is 0 Å². The van der Waals surface area contributed by atoms with Crippen LogP contribution in [0, 0.1) is 23.7 Å². The summed E-state index contributed by atoms with van der Waals surface area (Å²) >= 11 is 0. The first-order valence-corrected chi connectivity index (χ1v) is 12.4. The third-order valence-electron chi connectivity index (χ3n) is 8.18. The zero-order chi connectivity index (χ0) is 20.8. The summed E-state index contributed by atoms with van der Waals surface area (Å²) in [5.74, 6) is 4.92. The Morgan fingerprint density at radius 1 is 0.800 bits per heavy atom. The van der Waals surface area contributed by atoms with Crippen LogP contribution in [0.3, 0.4) is 0 Å². The predicted octanol–water partition coefficient (Wildman–Crippen LogP) is 8.36. The first-order chi connectivity index (χ1) is 14.7. The van der Waals surface area contributed by atoms with E-state index in [4.69, 9.17) is 4.74 Å². The first kappa shape index (κ1) is 21.5. The molecule has 162 valence electrons. The minimum atomic E-state index is 0.941. The second-order valence-corrected chi connectivity index (χ2v) is 10.0. The van der Waals surface area contributed by atoms with E-state index in [0.717, 1.165) is 29.4 Å². The van der Waals surface area contributed by atoms with Gasteiger partial charge in [-0.15, -0.1) is 6.58 Å². The number of benzene rings is 2. The summed E-state index contributed by atoms with van der Waals surface area (Å²) < 4.78 is 5.35. The van der Waals surface area contributed by atoms with Crippen LogP contribution in [0.5, 0.6) is 5.75 Å². The van der Waals surface area contributed by atoms with Crippen molar-refractivity contribution in [3.05, 3.63) is 54.6 Å². The first-order valence-electron chi connectivity index (χ1n) is 12.4. The van der Waals surface area contributed by atoms with Crippen molar-refractivity contribution in [3.63, 3.8) is 0 Å². The summed E-state index contributed by atoms with van der Waals surface area (Å²) in [6.45, 7) is 3.89. The molecule has 1 heteroatoms. The second-order valence-electron chi connectivity index (χ2n) is 10.0. The van der Waals surface area contributed by atoms with E-state index in [1.54, 1.807) is 7.11 Å². The fraction of sp³-hybridized carbons (Fsp3) is 0.586. The predicted molar refractivity (Wildman–Crippen MR) is 129 cm³/mol. The number of methoxy groups -OCH3 is 1. The minimum Gasteiger partial charge on any atom is -0.497 e. The molecule has 2 saturated carbocycles. The monoisotopic (exact) mass is 404 g/mol. The Kier molecular flexibility index (Phi) is 7.52. The maximum absolute atomic E-state index is 5.35. The lowest BCUT2D eigenvalue weighted by atomic mass is 9.68. The molecule has 2 aliphatic carbocycles. The maximum Gasteiger partial charge on any atom is 0.119 e. The lowest BCUT2D eigenvalue weighted by Gasteiger charge is -2.38. The van der Waals surface area contributed by atoms with Crippen molar-refractivity contribution < 1.29 is 4.74 Å². The number of fused-ring (bicyclic) bond motifs is 1. The van der Waals surface area contributed by atoms with Gasteiger partial charge in [-0.3, -0.25) is 0 Å². The molecule has 0 atom stereocenters. The van der Waals surface area contributed by atoms with Crippen LogP contribution in [0.4, 0.5) is 0 Å². The average molecular weight is 405 g/mol. The number of rotatable bonds is 8. The molecule has 2 fully saturated rings. The van der Waals surface area contributed by atoms with E-state index < -0.39 is 0 Å². The molecule has 0 amide bonds. The molecular weight excluding hydrogens is 364 g/mol. The summed E-state index contributed by atoms with van der Waals surface area (Å²) in [6, 6.07) is 13.3. The van der Waals surface area contributed by atoms with Gasteiger partial charge in [0, 0.05) is 0 Å². The van der Waals surface area contributed by atoms with Crippen LogP contribution in [-0.4, -0.2) is 7.11 Å². The maximum atomic E-state index is 5.35. The summed E-state index contributed by atoms with van der Waals surface area (Å²) in [5.41, 5.74) is 1.49. The largest absolute Gasteiger partial charge is 0.497 e. The summed E-state index contributed by atoms with van der Waals surface area (Å²) in [6.07, 6.45) is 19.1. The quantitative estimate of drug-likeness (QED) is 0.402. The van der Waals surface area contributed by atoms with E-state index in [9.17, 15) is 0 Å². The van der Waals surface area contributed by atoms with Crippen molar-refractivity contribution >= 4 is 10.8 Å². The highest BCUT2D eigenvalue weighted by Crippen LogP contribution is 2.43. The Morgan fingerprint density at radius 3 is 2.03 bits per heavy atom. The topological polar surface area (TPSA) is 9.23 Å².